The highest BCUT2D eigenvalue weighted by Crippen LogP contribution is 2.23. The van der Waals surface area contributed by atoms with Crippen LogP contribution in [0.3, 0.4) is 0 Å². The lowest BCUT2D eigenvalue weighted by Gasteiger charge is -2.27. The first-order valence-electron chi connectivity index (χ1n) is 6.98. The molecule has 1 aliphatic rings. The number of aryl methyl sites for hydroxylation is 1. The smallest absolute Gasteiger partial charge is 0.337 e. The number of hydrogen-bond acceptors (Lipinski definition) is 4. The van der Waals surface area contributed by atoms with Gasteiger partial charge in [-0.15, -0.1) is 11.6 Å². The van der Waals surface area contributed by atoms with Gasteiger partial charge in [-0.1, -0.05) is 0 Å². The number of alkyl halides is 1. The summed E-state index contributed by atoms with van der Waals surface area (Å²) >= 11 is 5.87. The third kappa shape index (κ3) is 2.76. The number of hydrogen-bond donors (Lipinski definition) is 0. The maximum Gasteiger partial charge on any atom is 0.337 e. The van der Waals surface area contributed by atoms with E-state index in [4.69, 9.17) is 21.1 Å². The number of esters is 1. The van der Waals surface area contributed by atoms with Gasteiger partial charge in [-0.25, -0.2) is 9.78 Å². The first kappa shape index (κ1) is 14.4. The Balaban J connectivity index is 2.04. The highest BCUT2D eigenvalue weighted by molar-refractivity contribution is 6.17. The number of fused-ring (bicyclic) bond motifs is 1. The Morgan fingerprint density at radius 2 is 2.38 bits per heavy atom. The van der Waals surface area contributed by atoms with Crippen LogP contribution in [0.1, 0.15) is 22.6 Å². The molecule has 6 heteroatoms. The number of halogens is 1. The average molecular weight is 309 g/mol. The number of carbonyl (C=O) groups is 1. The van der Waals surface area contributed by atoms with Gasteiger partial charge in [-0.3, -0.25) is 0 Å². The van der Waals surface area contributed by atoms with Crippen LogP contribution in [0.15, 0.2) is 18.2 Å². The van der Waals surface area contributed by atoms with Crippen molar-refractivity contribution in [1.29, 1.82) is 0 Å². The minimum Gasteiger partial charge on any atom is -0.465 e. The molecule has 0 unspecified atom stereocenters. The molecule has 0 bridgehead atoms. The van der Waals surface area contributed by atoms with Gasteiger partial charge in [-0.2, -0.15) is 0 Å². The zero-order valence-electron chi connectivity index (χ0n) is 11.8. The van der Waals surface area contributed by atoms with Crippen LogP contribution in [-0.4, -0.2) is 41.2 Å². The molecule has 0 saturated carbocycles. The molecular formula is C15H17ClN2O3. The molecule has 0 amide bonds. The van der Waals surface area contributed by atoms with Crippen molar-refractivity contribution in [1.82, 2.24) is 9.55 Å². The van der Waals surface area contributed by atoms with Gasteiger partial charge in [0, 0.05) is 18.9 Å². The van der Waals surface area contributed by atoms with Crippen LogP contribution in [-0.2, 0) is 22.4 Å². The van der Waals surface area contributed by atoms with E-state index in [9.17, 15) is 4.79 Å². The first-order valence-corrected chi connectivity index (χ1v) is 7.51. The predicted molar refractivity (Wildman–Crippen MR) is 79.9 cm³/mol. The number of carbonyl (C=O) groups excluding carboxylic acids is 1. The molecule has 0 spiro atoms. The van der Waals surface area contributed by atoms with Crippen molar-refractivity contribution < 1.29 is 14.3 Å². The summed E-state index contributed by atoms with van der Waals surface area (Å²) in [6, 6.07) is 5.40. The van der Waals surface area contributed by atoms with E-state index in [1.54, 1.807) is 6.07 Å². The summed E-state index contributed by atoms with van der Waals surface area (Å²) < 4.78 is 12.4. The van der Waals surface area contributed by atoms with Crippen LogP contribution < -0.4 is 0 Å². The number of methoxy groups -OCH3 is 1. The number of nitrogens with zero attached hydrogens (tertiary/aromatic N) is 2. The van der Waals surface area contributed by atoms with Crippen molar-refractivity contribution in [3.63, 3.8) is 0 Å². The van der Waals surface area contributed by atoms with Crippen LogP contribution in [0.5, 0.6) is 0 Å². The van der Waals surface area contributed by atoms with E-state index in [0.717, 1.165) is 36.4 Å². The van der Waals surface area contributed by atoms with E-state index in [-0.39, 0.29) is 12.1 Å². The van der Waals surface area contributed by atoms with Crippen molar-refractivity contribution in [2.45, 2.75) is 25.5 Å². The van der Waals surface area contributed by atoms with Gasteiger partial charge in [-0.05, 0) is 24.6 Å². The highest BCUT2D eigenvalue weighted by atomic mass is 35.5. The van der Waals surface area contributed by atoms with Crippen molar-refractivity contribution >= 4 is 28.6 Å². The SMILES string of the molecule is COC(=O)c1ccc2nc(CCCl)n(C[C@@H]3CCO3)c2c1. The van der Waals surface area contributed by atoms with E-state index in [1.807, 2.05) is 12.1 Å². The largest absolute Gasteiger partial charge is 0.465 e. The molecule has 1 atom stereocenters. The summed E-state index contributed by atoms with van der Waals surface area (Å²) in [5, 5.41) is 0. The highest BCUT2D eigenvalue weighted by Gasteiger charge is 2.22. The monoisotopic (exact) mass is 308 g/mol. The van der Waals surface area contributed by atoms with Gasteiger partial charge in [0.15, 0.2) is 0 Å². The molecule has 112 valence electrons. The van der Waals surface area contributed by atoms with E-state index >= 15 is 0 Å². The fourth-order valence-electron chi connectivity index (χ4n) is 2.53. The lowest BCUT2D eigenvalue weighted by Crippen LogP contribution is -2.31. The van der Waals surface area contributed by atoms with E-state index in [1.165, 1.54) is 7.11 Å². The van der Waals surface area contributed by atoms with E-state index in [0.29, 0.717) is 17.9 Å². The topological polar surface area (TPSA) is 53.3 Å². The van der Waals surface area contributed by atoms with Crippen LogP contribution >= 0.6 is 11.6 Å². The number of aromatic nitrogens is 2. The summed E-state index contributed by atoms with van der Waals surface area (Å²) in [7, 11) is 1.38. The Bertz CT molecular complexity index is 664. The molecule has 1 saturated heterocycles. The summed E-state index contributed by atoms with van der Waals surface area (Å²) in [5.74, 6) is 1.10. The van der Waals surface area contributed by atoms with Crippen LogP contribution in [0.4, 0.5) is 0 Å². The summed E-state index contributed by atoms with van der Waals surface area (Å²) in [6.45, 7) is 1.56. The third-order valence-electron chi connectivity index (χ3n) is 3.75. The van der Waals surface area contributed by atoms with Gasteiger partial charge < -0.3 is 14.0 Å². The molecule has 1 aromatic carbocycles. The molecule has 5 nitrogen and oxygen atoms in total. The molecule has 2 heterocycles. The van der Waals surface area contributed by atoms with Gasteiger partial charge in [0.2, 0.25) is 0 Å². The molecular weight excluding hydrogens is 292 g/mol. The lowest BCUT2D eigenvalue weighted by atomic mass is 10.1. The maximum atomic E-state index is 11.7. The fourth-order valence-corrected chi connectivity index (χ4v) is 2.70. The summed E-state index contributed by atoms with van der Waals surface area (Å²) in [5.41, 5.74) is 2.31. The average Bonchev–Trinajstić information content (AvgIpc) is 2.79. The number of rotatable bonds is 5. The van der Waals surface area contributed by atoms with Gasteiger partial charge in [0.1, 0.15) is 5.82 Å². The second-order valence-corrected chi connectivity index (χ2v) is 5.43. The van der Waals surface area contributed by atoms with Gasteiger partial charge in [0.25, 0.3) is 0 Å². The normalized spacial score (nSPS) is 17.7. The standard InChI is InChI=1S/C15H17ClN2O3/c1-20-15(19)10-2-3-12-13(8-10)18(9-11-5-7-21-11)14(17-12)4-6-16/h2-3,8,11H,4-7,9H2,1H3/t11-/m0/s1. The number of benzene rings is 1. The Morgan fingerprint density at radius 3 is 3.00 bits per heavy atom. The molecule has 2 aromatic rings. The van der Waals surface area contributed by atoms with Gasteiger partial charge >= 0.3 is 5.97 Å². The molecule has 1 aliphatic heterocycles. The van der Waals surface area contributed by atoms with Crippen molar-refractivity contribution in [2.75, 3.05) is 19.6 Å². The van der Waals surface area contributed by atoms with E-state index in [2.05, 4.69) is 9.55 Å². The van der Waals surface area contributed by atoms with Crippen LogP contribution in [0, 0.1) is 0 Å². The lowest BCUT2D eigenvalue weighted by molar-refractivity contribution is -0.0589. The minimum absolute atomic E-state index is 0.221. The van der Waals surface area contributed by atoms with Crippen LogP contribution in [0.25, 0.3) is 11.0 Å². The van der Waals surface area contributed by atoms with Crippen LogP contribution in [0.2, 0.25) is 0 Å². The zero-order chi connectivity index (χ0) is 14.8. The molecule has 0 N–H and O–H groups in total. The number of ether oxygens (including phenoxy) is 2. The van der Waals surface area contributed by atoms with Crippen molar-refractivity contribution in [2.24, 2.45) is 0 Å². The summed E-state index contributed by atoms with van der Waals surface area (Å²) in [6.07, 6.45) is 1.96. The number of imidazole rings is 1. The Morgan fingerprint density at radius 1 is 1.57 bits per heavy atom. The molecule has 1 aromatic heterocycles. The fraction of sp³-hybridized carbons (Fsp3) is 0.467. The maximum absolute atomic E-state index is 11.7. The Labute approximate surface area is 127 Å². The molecule has 3 rings (SSSR count). The molecule has 1 fully saturated rings. The molecule has 0 radical (unpaired) electrons. The molecule has 21 heavy (non-hydrogen) atoms. The third-order valence-corrected chi connectivity index (χ3v) is 3.94. The quantitative estimate of drug-likeness (QED) is 0.628. The summed E-state index contributed by atoms with van der Waals surface area (Å²) in [4.78, 5) is 16.3. The Hall–Kier alpha value is -1.59. The minimum atomic E-state index is -0.344. The van der Waals surface area contributed by atoms with Crippen molar-refractivity contribution in [3.05, 3.63) is 29.6 Å². The predicted octanol–water partition coefficient (Wildman–Crippen LogP) is 2.39. The second-order valence-electron chi connectivity index (χ2n) is 5.05. The Kier molecular flexibility index (Phi) is 4.12. The van der Waals surface area contributed by atoms with Gasteiger partial charge in [0.05, 0.1) is 36.4 Å². The van der Waals surface area contributed by atoms with Crippen molar-refractivity contribution in [3.8, 4) is 0 Å². The second kappa shape index (κ2) is 6.03. The molecule has 0 aliphatic carbocycles. The van der Waals surface area contributed by atoms with E-state index < -0.39 is 0 Å². The zero-order valence-corrected chi connectivity index (χ0v) is 12.6. The first-order chi connectivity index (χ1) is 10.2.